The number of carbonyl (C=O) groups is 1. The summed E-state index contributed by atoms with van der Waals surface area (Å²) in [5, 5.41) is 9.49. The third-order valence-electron chi connectivity index (χ3n) is 4.58. The molecule has 3 aromatic rings. The van der Waals surface area contributed by atoms with E-state index in [0.717, 1.165) is 9.87 Å². The maximum Gasteiger partial charge on any atom is 0.324 e. The molecule has 0 spiro atoms. The van der Waals surface area contributed by atoms with Gasteiger partial charge in [0.15, 0.2) is 0 Å². The summed E-state index contributed by atoms with van der Waals surface area (Å²) in [6.07, 6.45) is 6.79. The highest BCUT2D eigenvalue weighted by molar-refractivity contribution is 7.93. The Hall–Kier alpha value is -3.85. The first-order chi connectivity index (χ1) is 15.4. The highest BCUT2D eigenvalue weighted by Crippen LogP contribution is 2.34. The van der Waals surface area contributed by atoms with Crippen LogP contribution in [-0.4, -0.2) is 45.2 Å². The molecule has 0 aliphatic rings. The molecule has 1 heterocycles. The molecule has 0 bridgehead atoms. The lowest BCUT2D eigenvalue weighted by atomic mass is 10.1. The zero-order valence-electron chi connectivity index (χ0n) is 17.5. The molecule has 0 fully saturated rings. The number of hydrogen-bond acceptors (Lipinski definition) is 6. The van der Waals surface area contributed by atoms with Crippen molar-refractivity contribution in [2.45, 2.75) is 4.90 Å². The van der Waals surface area contributed by atoms with Gasteiger partial charge < -0.3 is 14.6 Å². The third-order valence-corrected chi connectivity index (χ3v) is 6.37. The SMILES string of the molecule is COc1ccc(OC)c(S(=O)(=O)N(CC(=O)O)c2ccccc2/C=C/c2ccncc2)c1. The minimum Gasteiger partial charge on any atom is -0.497 e. The fourth-order valence-electron chi connectivity index (χ4n) is 3.04. The van der Waals surface area contributed by atoms with Crippen molar-refractivity contribution >= 4 is 33.8 Å². The van der Waals surface area contributed by atoms with Gasteiger partial charge in [-0.1, -0.05) is 30.4 Å². The number of para-hydroxylation sites is 1. The minimum atomic E-state index is -4.33. The van der Waals surface area contributed by atoms with Crippen molar-refractivity contribution < 1.29 is 27.8 Å². The van der Waals surface area contributed by atoms with Gasteiger partial charge in [-0.05, 0) is 41.5 Å². The molecule has 2 aromatic carbocycles. The van der Waals surface area contributed by atoms with Crippen molar-refractivity contribution in [1.29, 1.82) is 0 Å². The Bertz CT molecular complexity index is 1230. The van der Waals surface area contributed by atoms with Crippen LogP contribution in [0.1, 0.15) is 11.1 Å². The number of benzene rings is 2. The van der Waals surface area contributed by atoms with Crippen molar-refractivity contribution in [2.24, 2.45) is 0 Å². The number of ether oxygens (including phenoxy) is 2. The van der Waals surface area contributed by atoms with E-state index >= 15 is 0 Å². The molecule has 0 saturated heterocycles. The molecule has 32 heavy (non-hydrogen) atoms. The van der Waals surface area contributed by atoms with Crippen LogP contribution in [0.2, 0.25) is 0 Å². The molecule has 0 radical (unpaired) electrons. The molecule has 0 aliphatic heterocycles. The monoisotopic (exact) mass is 454 g/mol. The highest BCUT2D eigenvalue weighted by atomic mass is 32.2. The molecule has 1 aromatic heterocycles. The summed E-state index contributed by atoms with van der Waals surface area (Å²) in [6.45, 7) is -0.775. The third kappa shape index (κ3) is 5.06. The fourth-order valence-corrected chi connectivity index (χ4v) is 4.66. The first-order valence-corrected chi connectivity index (χ1v) is 10.9. The van der Waals surface area contributed by atoms with Crippen molar-refractivity contribution in [3.63, 3.8) is 0 Å². The zero-order valence-corrected chi connectivity index (χ0v) is 18.3. The predicted octanol–water partition coefficient (Wildman–Crippen LogP) is 3.55. The van der Waals surface area contributed by atoms with E-state index in [1.54, 1.807) is 67.0 Å². The van der Waals surface area contributed by atoms with Crippen molar-refractivity contribution in [3.8, 4) is 11.5 Å². The smallest absolute Gasteiger partial charge is 0.324 e. The largest absolute Gasteiger partial charge is 0.497 e. The van der Waals surface area contributed by atoms with E-state index < -0.39 is 22.5 Å². The van der Waals surface area contributed by atoms with E-state index in [4.69, 9.17) is 9.47 Å². The van der Waals surface area contributed by atoms with Crippen LogP contribution in [0, 0.1) is 0 Å². The summed E-state index contributed by atoms with van der Waals surface area (Å²) in [4.78, 5) is 15.4. The normalized spacial score (nSPS) is 11.3. The number of nitrogens with zero attached hydrogens (tertiary/aromatic N) is 2. The Kier molecular flexibility index (Phi) is 7.11. The van der Waals surface area contributed by atoms with Crippen LogP contribution >= 0.6 is 0 Å². The summed E-state index contributed by atoms with van der Waals surface area (Å²) in [6, 6.07) is 14.6. The van der Waals surface area contributed by atoms with Gasteiger partial charge in [-0.2, -0.15) is 0 Å². The molecule has 1 N–H and O–H groups in total. The molecule has 9 heteroatoms. The summed E-state index contributed by atoms with van der Waals surface area (Å²) in [5.41, 5.74) is 1.60. The average molecular weight is 455 g/mol. The summed E-state index contributed by atoms with van der Waals surface area (Å²) < 4.78 is 38.5. The number of aromatic nitrogens is 1. The number of methoxy groups -OCH3 is 2. The Balaban J connectivity index is 2.14. The Labute approximate surface area is 186 Å². The molecule has 0 amide bonds. The number of rotatable bonds is 9. The number of sulfonamides is 1. The van der Waals surface area contributed by atoms with Gasteiger partial charge in [-0.3, -0.25) is 14.1 Å². The molecule has 8 nitrogen and oxygen atoms in total. The molecular weight excluding hydrogens is 432 g/mol. The number of anilines is 1. The molecule has 166 valence electrons. The van der Waals surface area contributed by atoms with Gasteiger partial charge in [0.2, 0.25) is 0 Å². The maximum atomic E-state index is 13.6. The second-order valence-corrected chi connectivity index (χ2v) is 8.43. The van der Waals surface area contributed by atoms with Crippen molar-refractivity contribution in [1.82, 2.24) is 4.98 Å². The first-order valence-electron chi connectivity index (χ1n) is 9.50. The van der Waals surface area contributed by atoms with Gasteiger partial charge >= 0.3 is 5.97 Å². The number of carboxylic acids is 1. The van der Waals surface area contributed by atoms with Crippen molar-refractivity contribution in [3.05, 3.63) is 78.1 Å². The van der Waals surface area contributed by atoms with Crippen LogP contribution < -0.4 is 13.8 Å². The molecular formula is C23H22N2O6S. The lowest BCUT2D eigenvalue weighted by Crippen LogP contribution is -2.36. The number of carboxylic acid groups (broad SMARTS) is 1. The molecule has 0 atom stereocenters. The number of aliphatic carboxylic acids is 1. The topological polar surface area (TPSA) is 106 Å². The van der Waals surface area contributed by atoms with E-state index in [0.29, 0.717) is 11.3 Å². The second-order valence-electron chi connectivity index (χ2n) is 6.59. The first kappa shape index (κ1) is 22.8. The molecule has 0 aliphatic carbocycles. The van der Waals surface area contributed by atoms with Crippen molar-refractivity contribution in [2.75, 3.05) is 25.1 Å². The predicted molar refractivity (Wildman–Crippen MR) is 121 cm³/mol. The molecule has 0 saturated carbocycles. The summed E-state index contributed by atoms with van der Waals surface area (Å²) in [7, 11) is -1.58. The highest BCUT2D eigenvalue weighted by Gasteiger charge is 2.31. The maximum absolute atomic E-state index is 13.6. The van der Waals surface area contributed by atoms with E-state index in [2.05, 4.69) is 4.98 Å². The lowest BCUT2D eigenvalue weighted by Gasteiger charge is -2.25. The van der Waals surface area contributed by atoms with E-state index in [1.165, 1.54) is 26.4 Å². The average Bonchev–Trinajstić information content (AvgIpc) is 2.81. The number of hydrogen-bond donors (Lipinski definition) is 1. The van der Waals surface area contributed by atoms with Gasteiger partial charge in [0.1, 0.15) is 22.9 Å². The van der Waals surface area contributed by atoms with Gasteiger partial charge in [-0.15, -0.1) is 0 Å². The fraction of sp³-hybridized carbons (Fsp3) is 0.130. The van der Waals surface area contributed by atoms with Crippen LogP contribution in [0.3, 0.4) is 0 Å². The Morgan fingerprint density at radius 1 is 1.03 bits per heavy atom. The van der Waals surface area contributed by atoms with Gasteiger partial charge in [-0.25, -0.2) is 8.42 Å². The standard InChI is InChI=1S/C23H22N2O6S/c1-30-19-9-10-21(31-2)22(15-19)32(28,29)25(16-23(26)27)20-6-4-3-5-18(20)8-7-17-11-13-24-14-12-17/h3-15H,16H2,1-2H3,(H,26,27)/b8-7+. The minimum absolute atomic E-state index is 0.0750. The Morgan fingerprint density at radius 3 is 2.41 bits per heavy atom. The van der Waals surface area contributed by atoms with Gasteiger partial charge in [0.25, 0.3) is 10.0 Å². The summed E-state index contributed by atoms with van der Waals surface area (Å²) >= 11 is 0. The van der Waals surface area contributed by atoms with Crippen LogP contribution in [-0.2, 0) is 14.8 Å². The summed E-state index contributed by atoms with van der Waals surface area (Å²) in [5.74, 6) is -0.931. The molecule has 0 unspecified atom stereocenters. The van der Waals surface area contributed by atoms with Crippen LogP contribution in [0.5, 0.6) is 11.5 Å². The van der Waals surface area contributed by atoms with E-state index in [9.17, 15) is 18.3 Å². The quantitative estimate of drug-likeness (QED) is 0.527. The lowest BCUT2D eigenvalue weighted by molar-refractivity contribution is -0.135. The van der Waals surface area contributed by atoms with Crippen LogP contribution in [0.15, 0.2) is 71.9 Å². The van der Waals surface area contributed by atoms with Crippen LogP contribution in [0.25, 0.3) is 12.2 Å². The Morgan fingerprint density at radius 2 is 1.75 bits per heavy atom. The van der Waals surface area contributed by atoms with E-state index in [-0.39, 0.29) is 16.3 Å². The van der Waals surface area contributed by atoms with Crippen LogP contribution in [0.4, 0.5) is 5.69 Å². The molecule has 3 rings (SSSR count). The second kappa shape index (κ2) is 9.97. The van der Waals surface area contributed by atoms with Gasteiger partial charge in [0.05, 0.1) is 19.9 Å². The zero-order chi connectivity index (χ0) is 23.1. The number of pyridine rings is 1. The van der Waals surface area contributed by atoms with E-state index in [1.807, 2.05) is 0 Å². The van der Waals surface area contributed by atoms with Gasteiger partial charge in [0, 0.05) is 18.5 Å².